The van der Waals surface area contributed by atoms with E-state index in [2.05, 4.69) is 4.72 Å². The maximum atomic E-state index is 11.9. The molecule has 4 N–H and O–H groups in total. The highest BCUT2D eigenvalue weighted by Crippen LogP contribution is 2.18. The van der Waals surface area contributed by atoms with E-state index in [0.29, 0.717) is 19.3 Å². The van der Waals surface area contributed by atoms with Crippen LogP contribution in [0.4, 0.5) is 0 Å². The molecule has 0 aromatic rings. The third-order valence-corrected chi connectivity index (χ3v) is 4.64. The topological polar surface area (TPSA) is 130 Å². The molecule has 0 aromatic carbocycles. The molecule has 1 saturated heterocycles. The van der Waals surface area contributed by atoms with E-state index >= 15 is 0 Å². The van der Waals surface area contributed by atoms with Gasteiger partial charge in [-0.2, -0.15) is 12.7 Å². The van der Waals surface area contributed by atoms with E-state index in [1.807, 2.05) is 0 Å². The third-order valence-electron chi connectivity index (χ3n) is 3.03. The van der Waals surface area contributed by atoms with Crippen molar-refractivity contribution < 1.29 is 23.1 Å². The van der Waals surface area contributed by atoms with Gasteiger partial charge in [-0.25, -0.2) is 4.72 Å². The number of piperidine rings is 1. The fourth-order valence-corrected chi connectivity index (χ4v) is 3.17. The molecule has 9 heteroatoms. The summed E-state index contributed by atoms with van der Waals surface area (Å²) in [5, 5.41) is 8.83. The standard InChI is InChI=1S/C10H19N3O5S/c11-9(14)2-1-5-12-19(17,18)13-6-3-8(4-7-13)10(15)16/h8,12H,1-7H2,(H2,11,14)(H,15,16). The number of carbonyl (C=O) groups is 2. The molecule has 0 atom stereocenters. The van der Waals surface area contributed by atoms with Gasteiger partial charge in [0.2, 0.25) is 5.91 Å². The molecule has 19 heavy (non-hydrogen) atoms. The summed E-state index contributed by atoms with van der Waals surface area (Å²) in [4.78, 5) is 21.3. The Labute approximate surface area is 112 Å². The number of amides is 1. The first-order valence-electron chi connectivity index (χ1n) is 6.09. The Kier molecular flexibility index (Phi) is 5.70. The summed E-state index contributed by atoms with van der Waals surface area (Å²) >= 11 is 0. The van der Waals surface area contributed by atoms with E-state index in [1.54, 1.807) is 0 Å². The number of nitrogens with two attached hydrogens (primary N) is 1. The molecule has 0 spiro atoms. The number of primary amides is 1. The molecule has 1 fully saturated rings. The lowest BCUT2D eigenvalue weighted by atomic mass is 9.99. The molecule has 1 rings (SSSR count). The van der Waals surface area contributed by atoms with Crippen LogP contribution in [0, 0.1) is 5.92 Å². The van der Waals surface area contributed by atoms with Gasteiger partial charge in [-0.3, -0.25) is 9.59 Å². The zero-order valence-corrected chi connectivity index (χ0v) is 11.4. The van der Waals surface area contributed by atoms with E-state index < -0.39 is 28.0 Å². The lowest BCUT2D eigenvalue weighted by Crippen LogP contribution is -2.46. The third kappa shape index (κ3) is 5.13. The van der Waals surface area contributed by atoms with Gasteiger partial charge in [-0.05, 0) is 19.3 Å². The Balaban J connectivity index is 2.38. The molecular weight excluding hydrogens is 274 g/mol. The van der Waals surface area contributed by atoms with Gasteiger partial charge >= 0.3 is 5.97 Å². The second kappa shape index (κ2) is 6.83. The molecule has 0 radical (unpaired) electrons. The zero-order valence-electron chi connectivity index (χ0n) is 10.5. The van der Waals surface area contributed by atoms with Gasteiger partial charge < -0.3 is 10.8 Å². The van der Waals surface area contributed by atoms with Crippen LogP contribution in [0.5, 0.6) is 0 Å². The van der Waals surface area contributed by atoms with E-state index in [9.17, 15) is 18.0 Å². The second-order valence-corrected chi connectivity index (χ2v) is 6.24. The van der Waals surface area contributed by atoms with Crippen molar-refractivity contribution in [3.63, 3.8) is 0 Å². The molecule has 1 heterocycles. The van der Waals surface area contributed by atoms with Crippen LogP contribution >= 0.6 is 0 Å². The molecule has 0 bridgehead atoms. The van der Waals surface area contributed by atoms with Gasteiger partial charge in [-0.15, -0.1) is 0 Å². The molecule has 0 saturated carbocycles. The van der Waals surface area contributed by atoms with Gasteiger partial charge in [0.05, 0.1) is 5.92 Å². The maximum absolute atomic E-state index is 11.9. The average molecular weight is 293 g/mol. The van der Waals surface area contributed by atoms with Gasteiger partial charge in [0.15, 0.2) is 0 Å². The van der Waals surface area contributed by atoms with Crippen molar-refractivity contribution in [2.24, 2.45) is 11.7 Å². The van der Waals surface area contributed by atoms with Crippen molar-refractivity contribution in [1.82, 2.24) is 9.03 Å². The number of carbonyl (C=O) groups excluding carboxylic acids is 1. The number of hydrogen-bond donors (Lipinski definition) is 3. The lowest BCUT2D eigenvalue weighted by Gasteiger charge is -2.29. The van der Waals surface area contributed by atoms with Gasteiger partial charge in [0.25, 0.3) is 10.2 Å². The van der Waals surface area contributed by atoms with Crippen molar-refractivity contribution >= 4 is 22.1 Å². The summed E-state index contributed by atoms with van der Waals surface area (Å²) in [6, 6.07) is 0. The van der Waals surface area contributed by atoms with Crippen molar-refractivity contribution in [3.05, 3.63) is 0 Å². The van der Waals surface area contributed by atoms with Crippen LogP contribution < -0.4 is 10.5 Å². The normalized spacial score (nSPS) is 18.3. The SMILES string of the molecule is NC(=O)CCCNS(=O)(=O)N1CCC(C(=O)O)CC1. The Morgan fingerprint density at radius 1 is 1.32 bits per heavy atom. The Morgan fingerprint density at radius 2 is 1.89 bits per heavy atom. The quantitative estimate of drug-likeness (QED) is 0.512. The molecule has 1 aliphatic heterocycles. The van der Waals surface area contributed by atoms with Crippen LogP contribution in [-0.4, -0.2) is 49.3 Å². The maximum Gasteiger partial charge on any atom is 0.306 e. The van der Waals surface area contributed by atoms with Crippen molar-refractivity contribution in [2.75, 3.05) is 19.6 Å². The van der Waals surface area contributed by atoms with Crippen LogP contribution in [0.25, 0.3) is 0 Å². The monoisotopic (exact) mass is 293 g/mol. The molecule has 1 aliphatic rings. The number of rotatable bonds is 7. The van der Waals surface area contributed by atoms with E-state index in [4.69, 9.17) is 10.8 Å². The fraction of sp³-hybridized carbons (Fsp3) is 0.800. The minimum Gasteiger partial charge on any atom is -0.481 e. The van der Waals surface area contributed by atoms with Gasteiger partial charge in [0, 0.05) is 26.1 Å². The molecule has 0 unspecified atom stereocenters. The summed E-state index contributed by atoms with van der Waals surface area (Å²) in [6.07, 6.45) is 1.11. The van der Waals surface area contributed by atoms with Gasteiger partial charge in [0.1, 0.15) is 0 Å². The number of carboxylic acids is 1. The lowest BCUT2D eigenvalue weighted by molar-refractivity contribution is -0.143. The number of nitrogens with zero attached hydrogens (tertiary/aromatic N) is 1. The van der Waals surface area contributed by atoms with Crippen LogP contribution in [0.15, 0.2) is 0 Å². The van der Waals surface area contributed by atoms with Crippen molar-refractivity contribution in [2.45, 2.75) is 25.7 Å². The summed E-state index contributed by atoms with van der Waals surface area (Å²) in [5.41, 5.74) is 4.95. The Morgan fingerprint density at radius 3 is 2.37 bits per heavy atom. The number of carboxylic acid groups (broad SMARTS) is 1. The van der Waals surface area contributed by atoms with E-state index in [0.717, 1.165) is 0 Å². The summed E-state index contributed by atoms with van der Waals surface area (Å²) in [6.45, 7) is 0.536. The van der Waals surface area contributed by atoms with E-state index in [-0.39, 0.29) is 26.1 Å². The number of hydrogen-bond acceptors (Lipinski definition) is 4. The second-order valence-electron chi connectivity index (χ2n) is 4.48. The first-order chi connectivity index (χ1) is 8.83. The largest absolute Gasteiger partial charge is 0.481 e. The summed E-state index contributed by atoms with van der Waals surface area (Å²) < 4.78 is 27.3. The highest BCUT2D eigenvalue weighted by Gasteiger charge is 2.30. The van der Waals surface area contributed by atoms with Crippen molar-refractivity contribution in [1.29, 1.82) is 0 Å². The molecule has 1 amide bonds. The smallest absolute Gasteiger partial charge is 0.306 e. The minimum atomic E-state index is -3.59. The number of nitrogens with one attached hydrogen (secondary N) is 1. The average Bonchev–Trinajstić information content (AvgIpc) is 2.34. The predicted molar refractivity (Wildman–Crippen MR) is 67.3 cm³/mol. The fourth-order valence-electron chi connectivity index (χ4n) is 1.90. The first kappa shape index (κ1) is 15.9. The van der Waals surface area contributed by atoms with Crippen LogP contribution in [0.1, 0.15) is 25.7 Å². The minimum absolute atomic E-state index is 0.129. The molecule has 0 aliphatic carbocycles. The highest BCUT2D eigenvalue weighted by molar-refractivity contribution is 7.87. The predicted octanol–water partition coefficient (Wildman–Crippen LogP) is -1.12. The number of aliphatic carboxylic acids is 1. The van der Waals surface area contributed by atoms with Crippen molar-refractivity contribution in [3.8, 4) is 0 Å². The molecular formula is C10H19N3O5S. The van der Waals surface area contributed by atoms with Crippen LogP contribution in [-0.2, 0) is 19.8 Å². The molecule has 110 valence electrons. The van der Waals surface area contributed by atoms with Gasteiger partial charge in [-0.1, -0.05) is 0 Å². The Bertz CT molecular complexity index is 428. The van der Waals surface area contributed by atoms with Crippen LogP contribution in [0.2, 0.25) is 0 Å². The van der Waals surface area contributed by atoms with E-state index in [1.165, 1.54) is 4.31 Å². The molecule has 0 aromatic heterocycles. The van der Waals surface area contributed by atoms with Crippen LogP contribution in [0.3, 0.4) is 0 Å². The first-order valence-corrected chi connectivity index (χ1v) is 7.53. The Hall–Kier alpha value is -1.19. The zero-order chi connectivity index (χ0) is 14.5. The molecule has 8 nitrogen and oxygen atoms in total. The summed E-state index contributed by atoms with van der Waals surface area (Å²) in [7, 11) is -3.59. The highest BCUT2D eigenvalue weighted by atomic mass is 32.2. The summed E-state index contributed by atoms with van der Waals surface area (Å²) in [5.74, 6) is -1.82.